The van der Waals surface area contributed by atoms with Gasteiger partial charge in [-0.2, -0.15) is 0 Å². The van der Waals surface area contributed by atoms with Gasteiger partial charge in [0.15, 0.2) is 0 Å². The molecule has 0 unspecified atom stereocenters. The van der Waals surface area contributed by atoms with Crippen molar-refractivity contribution < 1.29 is 13.2 Å². The molecule has 120 valence electrons. The second-order valence-corrected chi connectivity index (χ2v) is 6.09. The van der Waals surface area contributed by atoms with Gasteiger partial charge in [0.05, 0.1) is 11.4 Å². The van der Waals surface area contributed by atoms with Crippen molar-refractivity contribution in [3.05, 3.63) is 60.7 Å². The van der Waals surface area contributed by atoms with Crippen molar-refractivity contribution in [1.82, 2.24) is 0 Å². The summed E-state index contributed by atoms with van der Waals surface area (Å²) in [6, 6.07) is 18.3. The highest BCUT2D eigenvalue weighted by Crippen LogP contribution is 2.31. The van der Waals surface area contributed by atoms with Crippen LogP contribution >= 0.6 is 24.5 Å². The average molecular weight is 348 g/mol. The molecule has 23 heavy (non-hydrogen) atoms. The summed E-state index contributed by atoms with van der Waals surface area (Å²) in [6.45, 7) is 2.90. The first-order valence-corrected chi connectivity index (χ1v) is 8.22. The van der Waals surface area contributed by atoms with E-state index in [1.165, 1.54) is 22.5 Å². The standard InChI is InChI=1S/C16H16N2O3S2/c1-13(19)17(15-9-5-3-6-10-15)22-21-23-18(14(2)20)16-11-7-4-8-12-16/h3-12H,1-2H3. The van der Waals surface area contributed by atoms with Crippen molar-refractivity contribution in [3.8, 4) is 0 Å². The van der Waals surface area contributed by atoms with Crippen LogP contribution in [0.25, 0.3) is 0 Å². The maximum Gasteiger partial charge on any atom is 0.235 e. The third-order valence-corrected chi connectivity index (χ3v) is 4.48. The minimum atomic E-state index is -0.170. The lowest BCUT2D eigenvalue weighted by Gasteiger charge is -2.21. The van der Waals surface area contributed by atoms with E-state index in [-0.39, 0.29) is 11.8 Å². The lowest BCUT2D eigenvalue weighted by molar-refractivity contribution is -0.116. The molecule has 0 bridgehead atoms. The molecule has 0 atom stereocenters. The Hall–Kier alpha value is -1.96. The number of anilines is 2. The minimum absolute atomic E-state index is 0.170. The number of nitrogens with zero attached hydrogens (tertiary/aromatic N) is 2. The largest absolute Gasteiger partial charge is 0.274 e. The minimum Gasteiger partial charge on any atom is -0.274 e. The van der Waals surface area contributed by atoms with Crippen LogP contribution in [-0.4, -0.2) is 11.8 Å². The first-order valence-electron chi connectivity index (χ1n) is 6.82. The molecule has 0 heterocycles. The van der Waals surface area contributed by atoms with Gasteiger partial charge in [-0.25, -0.2) is 12.2 Å². The molecule has 5 nitrogen and oxygen atoms in total. The van der Waals surface area contributed by atoms with Crippen LogP contribution in [0.5, 0.6) is 0 Å². The quantitative estimate of drug-likeness (QED) is 0.577. The predicted octanol–water partition coefficient (Wildman–Crippen LogP) is 4.24. The van der Waals surface area contributed by atoms with Crippen molar-refractivity contribution in [3.63, 3.8) is 0 Å². The lowest BCUT2D eigenvalue weighted by Crippen LogP contribution is -2.23. The first-order chi connectivity index (χ1) is 11.1. The molecule has 2 aromatic carbocycles. The summed E-state index contributed by atoms with van der Waals surface area (Å²) in [5.41, 5.74) is 1.42. The number of carbonyl (C=O) groups is 2. The Morgan fingerprint density at radius 2 is 1.09 bits per heavy atom. The number of hydrogen-bond acceptors (Lipinski definition) is 5. The lowest BCUT2D eigenvalue weighted by atomic mass is 10.3. The summed E-state index contributed by atoms with van der Waals surface area (Å²) in [5, 5.41) is 0. The zero-order valence-electron chi connectivity index (χ0n) is 12.7. The molecule has 0 N–H and O–H groups in total. The topological polar surface area (TPSA) is 49.9 Å². The molecule has 2 aromatic rings. The summed E-state index contributed by atoms with van der Waals surface area (Å²) in [7, 11) is 0. The number of amides is 2. The van der Waals surface area contributed by atoms with Crippen molar-refractivity contribution >= 4 is 47.6 Å². The molecule has 0 aliphatic heterocycles. The maximum absolute atomic E-state index is 11.8. The third kappa shape index (κ3) is 5.02. The van der Waals surface area contributed by atoms with Gasteiger partial charge in [0.1, 0.15) is 24.5 Å². The summed E-state index contributed by atoms with van der Waals surface area (Å²) in [4.78, 5) is 23.5. The summed E-state index contributed by atoms with van der Waals surface area (Å²) < 4.78 is 8.26. The van der Waals surface area contributed by atoms with E-state index in [0.29, 0.717) is 11.4 Å². The Bertz CT molecular complexity index is 595. The van der Waals surface area contributed by atoms with Crippen LogP contribution in [0.2, 0.25) is 0 Å². The van der Waals surface area contributed by atoms with E-state index in [1.807, 2.05) is 60.7 Å². The van der Waals surface area contributed by atoms with E-state index < -0.39 is 0 Å². The Morgan fingerprint density at radius 1 is 0.739 bits per heavy atom. The SMILES string of the molecule is CC(=O)N(SOSN(C(C)=O)c1ccccc1)c1ccccc1. The van der Waals surface area contributed by atoms with Gasteiger partial charge in [-0.15, -0.1) is 0 Å². The average Bonchev–Trinajstić information content (AvgIpc) is 2.56. The van der Waals surface area contributed by atoms with E-state index in [9.17, 15) is 9.59 Å². The monoisotopic (exact) mass is 348 g/mol. The van der Waals surface area contributed by atoms with E-state index in [1.54, 1.807) is 0 Å². The molecular weight excluding hydrogens is 332 g/mol. The van der Waals surface area contributed by atoms with E-state index >= 15 is 0 Å². The number of benzene rings is 2. The van der Waals surface area contributed by atoms with Crippen LogP contribution in [0.4, 0.5) is 11.4 Å². The summed E-state index contributed by atoms with van der Waals surface area (Å²) in [6.07, 6.45) is 0. The van der Waals surface area contributed by atoms with Crippen LogP contribution in [0.1, 0.15) is 13.8 Å². The fourth-order valence-corrected chi connectivity index (χ4v) is 2.98. The number of carbonyl (C=O) groups excluding carboxylic acids is 2. The molecule has 0 spiro atoms. The van der Waals surface area contributed by atoms with Gasteiger partial charge in [-0.1, -0.05) is 36.4 Å². The highest BCUT2D eigenvalue weighted by molar-refractivity contribution is 8.09. The third-order valence-electron chi connectivity index (χ3n) is 2.76. The molecule has 0 saturated carbocycles. The van der Waals surface area contributed by atoms with Crippen molar-refractivity contribution in [1.29, 1.82) is 0 Å². The highest BCUT2D eigenvalue weighted by atomic mass is 32.2. The van der Waals surface area contributed by atoms with Gasteiger partial charge in [0.25, 0.3) is 0 Å². The predicted molar refractivity (Wildman–Crippen MR) is 95.5 cm³/mol. The fourth-order valence-electron chi connectivity index (χ4n) is 1.76. The smallest absolute Gasteiger partial charge is 0.235 e. The number of para-hydroxylation sites is 2. The van der Waals surface area contributed by atoms with Crippen LogP contribution in [0.15, 0.2) is 60.7 Å². The molecule has 2 amide bonds. The fraction of sp³-hybridized carbons (Fsp3) is 0.125. The van der Waals surface area contributed by atoms with Crippen molar-refractivity contribution in [2.75, 3.05) is 8.61 Å². The highest BCUT2D eigenvalue weighted by Gasteiger charge is 2.17. The van der Waals surface area contributed by atoms with Gasteiger partial charge in [-0.3, -0.25) is 9.59 Å². The van der Waals surface area contributed by atoms with Crippen LogP contribution in [0, 0.1) is 0 Å². The second-order valence-electron chi connectivity index (χ2n) is 4.52. The molecule has 0 aliphatic carbocycles. The van der Waals surface area contributed by atoms with Crippen LogP contribution in [-0.2, 0) is 13.2 Å². The zero-order chi connectivity index (χ0) is 16.7. The molecular formula is C16H16N2O3S2. The second kappa shape index (κ2) is 8.61. The van der Waals surface area contributed by atoms with Gasteiger partial charge in [0, 0.05) is 13.8 Å². The molecule has 7 heteroatoms. The Labute approximate surface area is 144 Å². The molecule has 0 aromatic heterocycles. The van der Waals surface area contributed by atoms with Crippen molar-refractivity contribution in [2.45, 2.75) is 13.8 Å². The zero-order valence-corrected chi connectivity index (χ0v) is 14.3. The van der Waals surface area contributed by atoms with Gasteiger partial charge in [0.2, 0.25) is 11.8 Å². The van der Waals surface area contributed by atoms with Gasteiger partial charge < -0.3 is 0 Å². The number of hydrogen-bond donors (Lipinski definition) is 0. The molecule has 0 aliphatic rings. The number of rotatable bonds is 6. The van der Waals surface area contributed by atoms with Crippen LogP contribution in [0.3, 0.4) is 0 Å². The molecule has 0 fully saturated rings. The van der Waals surface area contributed by atoms with Gasteiger partial charge >= 0.3 is 0 Å². The van der Waals surface area contributed by atoms with Crippen LogP contribution < -0.4 is 8.61 Å². The Kier molecular flexibility index (Phi) is 6.52. The van der Waals surface area contributed by atoms with Gasteiger partial charge in [-0.05, 0) is 24.3 Å². The molecule has 2 rings (SSSR count). The van der Waals surface area contributed by atoms with E-state index in [0.717, 1.165) is 24.5 Å². The van der Waals surface area contributed by atoms with E-state index in [2.05, 4.69) is 0 Å². The van der Waals surface area contributed by atoms with Crippen molar-refractivity contribution in [2.24, 2.45) is 0 Å². The Morgan fingerprint density at radius 3 is 1.39 bits per heavy atom. The van der Waals surface area contributed by atoms with E-state index in [4.69, 9.17) is 3.63 Å². The molecule has 0 saturated heterocycles. The Balaban J connectivity index is 2.01. The maximum atomic E-state index is 11.8. The molecule has 0 radical (unpaired) electrons. The summed E-state index contributed by atoms with van der Waals surface area (Å²) in [5.74, 6) is -0.341. The normalized spacial score (nSPS) is 10.2. The first kappa shape index (κ1) is 17.4. The summed E-state index contributed by atoms with van der Waals surface area (Å²) >= 11 is 1.75.